The third kappa shape index (κ3) is 5.92. The molecule has 0 radical (unpaired) electrons. The first kappa shape index (κ1) is 39.2. The highest BCUT2D eigenvalue weighted by Crippen LogP contribution is 2.57. The van der Waals surface area contributed by atoms with E-state index in [4.69, 9.17) is 4.42 Å². The van der Waals surface area contributed by atoms with Crippen molar-refractivity contribution in [3.63, 3.8) is 0 Å². The van der Waals surface area contributed by atoms with Crippen LogP contribution >= 0.6 is 0 Å². The molecule has 2 heteroatoms. The van der Waals surface area contributed by atoms with Gasteiger partial charge in [-0.25, -0.2) is 0 Å². The van der Waals surface area contributed by atoms with Crippen LogP contribution in [0.2, 0.25) is 0 Å². The van der Waals surface area contributed by atoms with Crippen LogP contribution in [0.4, 0.5) is 17.1 Å². The Labute approximate surface area is 400 Å². The minimum absolute atomic E-state index is 0.541. The molecular weight excluding hydrogens is 835 g/mol. The van der Waals surface area contributed by atoms with Crippen LogP contribution in [0.1, 0.15) is 22.3 Å². The average Bonchev–Trinajstić information content (AvgIpc) is 3.95. The first-order valence-corrected chi connectivity index (χ1v) is 23.8. The molecule has 2 nitrogen and oxygen atoms in total. The molecule has 0 spiro atoms. The van der Waals surface area contributed by atoms with Gasteiger partial charge in [-0.15, -0.1) is 0 Å². The molecule has 0 saturated heterocycles. The van der Waals surface area contributed by atoms with Crippen molar-refractivity contribution in [2.75, 3.05) is 4.90 Å². The van der Waals surface area contributed by atoms with Crippen molar-refractivity contribution in [2.45, 2.75) is 5.41 Å². The number of hydrogen-bond donors (Lipinski definition) is 0. The zero-order valence-corrected chi connectivity index (χ0v) is 37.7. The van der Waals surface area contributed by atoms with Crippen molar-refractivity contribution in [2.24, 2.45) is 0 Å². The highest BCUT2D eigenvalue weighted by Gasteiger charge is 2.46. The molecule has 12 aromatic carbocycles. The Balaban J connectivity index is 1.01. The summed E-state index contributed by atoms with van der Waals surface area (Å²) in [6.45, 7) is 0. The van der Waals surface area contributed by atoms with Crippen molar-refractivity contribution in [1.82, 2.24) is 0 Å². The first-order chi connectivity index (χ1) is 34.2. The van der Waals surface area contributed by atoms with E-state index in [1.54, 1.807) is 0 Å². The number of fused-ring (bicyclic) bond motifs is 10. The lowest BCUT2D eigenvalue weighted by Crippen LogP contribution is -2.28. The second kappa shape index (κ2) is 15.6. The van der Waals surface area contributed by atoms with E-state index < -0.39 is 5.41 Å². The predicted octanol–water partition coefficient (Wildman–Crippen LogP) is 18.2. The van der Waals surface area contributed by atoms with Crippen LogP contribution in [0.5, 0.6) is 0 Å². The van der Waals surface area contributed by atoms with Crippen LogP contribution in [-0.4, -0.2) is 0 Å². The second-order valence-corrected chi connectivity index (χ2v) is 18.3. The number of rotatable bonds is 7. The predicted molar refractivity (Wildman–Crippen MR) is 289 cm³/mol. The van der Waals surface area contributed by atoms with Gasteiger partial charge in [0, 0.05) is 27.5 Å². The Bertz CT molecular complexity index is 4090. The maximum atomic E-state index is 6.46. The van der Waals surface area contributed by atoms with Gasteiger partial charge in [0.15, 0.2) is 0 Å². The minimum atomic E-state index is -0.541. The highest BCUT2D eigenvalue weighted by atomic mass is 16.3. The van der Waals surface area contributed by atoms with Crippen molar-refractivity contribution in [1.29, 1.82) is 0 Å². The normalized spacial score (nSPS) is 12.8. The van der Waals surface area contributed by atoms with E-state index in [-0.39, 0.29) is 0 Å². The summed E-state index contributed by atoms with van der Waals surface area (Å²) in [6, 6.07) is 95.8. The Morgan fingerprint density at radius 2 is 0.884 bits per heavy atom. The fraction of sp³-hybridized carbons (Fsp3) is 0.0149. The standard InChI is InChI=1S/C67H43NO/c1-3-20-47(21-4-1)67(48-22-5-2-6-23-48)60-31-15-13-27-55(60)56-41-39-50(43-61(56)67)68(62-42-46-19-8-9-24-51(46)54-26-11-12-28-57(54)62)49-37-34-45(35-38-49)53-40-36-44-18-7-10-25-52(44)65(53)59-30-17-33-64-66(59)58-29-14-16-32-63(58)69-64/h1-43H. The van der Waals surface area contributed by atoms with Crippen molar-refractivity contribution in [3.8, 4) is 33.4 Å². The van der Waals surface area contributed by atoms with Crippen LogP contribution in [0, 0.1) is 0 Å². The van der Waals surface area contributed by atoms with E-state index in [9.17, 15) is 0 Å². The van der Waals surface area contributed by atoms with Crippen LogP contribution < -0.4 is 4.90 Å². The summed E-state index contributed by atoms with van der Waals surface area (Å²) in [4.78, 5) is 2.49. The molecule has 0 unspecified atom stereocenters. The fourth-order valence-electron chi connectivity index (χ4n) is 11.8. The lowest BCUT2D eigenvalue weighted by atomic mass is 9.67. The maximum absolute atomic E-state index is 6.46. The van der Waals surface area contributed by atoms with Gasteiger partial charge in [-0.2, -0.15) is 0 Å². The molecule has 69 heavy (non-hydrogen) atoms. The largest absolute Gasteiger partial charge is 0.456 e. The Morgan fingerprint density at radius 1 is 0.319 bits per heavy atom. The van der Waals surface area contributed by atoms with Gasteiger partial charge in [-0.3, -0.25) is 0 Å². The second-order valence-electron chi connectivity index (χ2n) is 18.3. The molecule has 1 aromatic heterocycles. The van der Waals surface area contributed by atoms with Crippen molar-refractivity contribution < 1.29 is 4.42 Å². The monoisotopic (exact) mass is 877 g/mol. The summed E-state index contributed by atoms with van der Waals surface area (Å²) in [6.07, 6.45) is 0. The van der Waals surface area contributed by atoms with Crippen molar-refractivity contribution >= 4 is 71.3 Å². The topological polar surface area (TPSA) is 16.4 Å². The number of benzene rings is 12. The molecule has 0 fully saturated rings. The molecule has 1 heterocycles. The third-order valence-electron chi connectivity index (χ3n) is 14.7. The smallest absolute Gasteiger partial charge is 0.136 e. The molecule has 0 amide bonds. The Kier molecular flexibility index (Phi) is 8.84. The molecule has 13 aromatic rings. The molecule has 0 bridgehead atoms. The van der Waals surface area contributed by atoms with Gasteiger partial charge >= 0.3 is 0 Å². The number of hydrogen-bond acceptors (Lipinski definition) is 2. The summed E-state index contributed by atoms with van der Waals surface area (Å²) >= 11 is 0. The van der Waals surface area contributed by atoms with E-state index in [1.807, 2.05) is 6.07 Å². The fourth-order valence-corrected chi connectivity index (χ4v) is 11.8. The van der Waals surface area contributed by atoms with Crippen molar-refractivity contribution in [3.05, 3.63) is 283 Å². The van der Waals surface area contributed by atoms with Crippen LogP contribution in [0.25, 0.3) is 87.6 Å². The summed E-state index contributed by atoms with van der Waals surface area (Å²) in [7, 11) is 0. The van der Waals surface area contributed by atoms with Gasteiger partial charge < -0.3 is 9.32 Å². The summed E-state index contributed by atoms with van der Waals surface area (Å²) in [5, 5.41) is 9.53. The lowest BCUT2D eigenvalue weighted by molar-refractivity contribution is 0.669. The summed E-state index contributed by atoms with van der Waals surface area (Å²) in [5.74, 6) is 0. The lowest BCUT2D eigenvalue weighted by Gasteiger charge is -2.35. The molecule has 0 saturated carbocycles. The van der Waals surface area contributed by atoms with Gasteiger partial charge in [0.25, 0.3) is 0 Å². The number of furan rings is 1. The van der Waals surface area contributed by atoms with Gasteiger partial charge in [0.1, 0.15) is 11.2 Å². The third-order valence-corrected chi connectivity index (χ3v) is 14.7. The molecule has 0 atom stereocenters. The molecule has 1 aliphatic carbocycles. The van der Waals surface area contributed by atoms with E-state index in [2.05, 4.69) is 260 Å². The minimum Gasteiger partial charge on any atom is -0.456 e. The Hall–Kier alpha value is -8.98. The van der Waals surface area contributed by atoms with Crippen LogP contribution in [0.3, 0.4) is 0 Å². The van der Waals surface area contributed by atoms with E-state index in [1.165, 1.54) is 76.8 Å². The molecule has 0 N–H and O–H groups in total. The van der Waals surface area contributed by atoms with Crippen LogP contribution in [-0.2, 0) is 5.41 Å². The van der Waals surface area contributed by atoms with Gasteiger partial charge in [0.2, 0.25) is 0 Å². The molecule has 322 valence electrons. The first-order valence-electron chi connectivity index (χ1n) is 23.8. The molecular formula is C67H43NO. The van der Waals surface area contributed by atoms with Gasteiger partial charge in [-0.1, -0.05) is 218 Å². The Morgan fingerprint density at radius 3 is 1.67 bits per heavy atom. The zero-order chi connectivity index (χ0) is 45.5. The van der Waals surface area contributed by atoms with E-state index in [0.29, 0.717) is 0 Å². The molecule has 14 rings (SSSR count). The summed E-state index contributed by atoms with van der Waals surface area (Å²) in [5.41, 5.74) is 16.8. The number of anilines is 3. The van der Waals surface area contributed by atoms with E-state index >= 15 is 0 Å². The van der Waals surface area contributed by atoms with Gasteiger partial charge in [0.05, 0.1) is 11.1 Å². The number of para-hydroxylation sites is 1. The molecule has 0 aliphatic heterocycles. The van der Waals surface area contributed by atoms with Gasteiger partial charge in [-0.05, 0) is 125 Å². The molecule has 1 aliphatic rings. The summed E-state index contributed by atoms with van der Waals surface area (Å²) < 4.78 is 6.46. The van der Waals surface area contributed by atoms with E-state index in [0.717, 1.165) is 50.1 Å². The highest BCUT2D eigenvalue weighted by molar-refractivity contribution is 6.18. The average molecular weight is 878 g/mol. The SMILES string of the molecule is c1ccc(C2(c3ccccc3)c3ccccc3-c3ccc(N(c4ccc(-c5ccc6ccccc6c5-c5cccc6oc7ccccc7c56)cc4)c4cc5ccccc5c5ccccc45)cc32)cc1. The number of nitrogens with zero attached hydrogens (tertiary/aromatic N) is 1. The van der Waals surface area contributed by atoms with Crippen LogP contribution in [0.15, 0.2) is 265 Å². The zero-order valence-electron chi connectivity index (χ0n) is 37.7. The quantitative estimate of drug-likeness (QED) is 0.148. The maximum Gasteiger partial charge on any atom is 0.136 e.